The zero-order valence-electron chi connectivity index (χ0n) is 10.8. The molecule has 2 aromatic carbocycles. The number of benzene rings is 2. The molecule has 1 aliphatic rings. The first-order chi connectivity index (χ1) is 10.6. The van der Waals surface area contributed by atoms with E-state index in [9.17, 15) is 19.7 Å². The van der Waals surface area contributed by atoms with Crippen LogP contribution < -0.4 is 4.89 Å². The third-order valence-electron chi connectivity index (χ3n) is 3.13. The first kappa shape index (κ1) is 13.7. The SMILES string of the molecule is O=C1c2ccccc2C(=O)c2c(OOO[N+](=O)[O-])cccc21. The number of hydrogen-bond donors (Lipinski definition) is 0. The van der Waals surface area contributed by atoms with Crippen LogP contribution >= 0.6 is 0 Å². The van der Waals surface area contributed by atoms with Crippen LogP contribution in [0.5, 0.6) is 5.75 Å². The van der Waals surface area contributed by atoms with Crippen LogP contribution in [0.1, 0.15) is 31.8 Å². The molecule has 0 aliphatic heterocycles. The van der Waals surface area contributed by atoms with Crippen molar-refractivity contribution in [2.24, 2.45) is 0 Å². The molecule has 0 atom stereocenters. The molecule has 8 nitrogen and oxygen atoms in total. The normalized spacial score (nSPS) is 12.4. The Morgan fingerprint density at radius 2 is 1.50 bits per heavy atom. The monoisotopic (exact) mass is 301 g/mol. The summed E-state index contributed by atoms with van der Waals surface area (Å²) in [6, 6.07) is 10.6. The molecule has 110 valence electrons. The molecule has 22 heavy (non-hydrogen) atoms. The Hall–Kier alpha value is -3.26. The van der Waals surface area contributed by atoms with Crippen molar-refractivity contribution >= 4 is 11.6 Å². The third-order valence-corrected chi connectivity index (χ3v) is 3.13. The van der Waals surface area contributed by atoms with Gasteiger partial charge in [0.2, 0.25) is 0 Å². The van der Waals surface area contributed by atoms with Crippen LogP contribution in [0, 0.1) is 10.1 Å². The minimum atomic E-state index is -1.22. The second-order valence-corrected chi connectivity index (χ2v) is 4.33. The molecule has 0 saturated carbocycles. The van der Waals surface area contributed by atoms with E-state index < -0.39 is 10.9 Å². The second-order valence-electron chi connectivity index (χ2n) is 4.33. The van der Waals surface area contributed by atoms with Crippen molar-refractivity contribution in [2.45, 2.75) is 0 Å². The minimum Gasteiger partial charge on any atom is -0.308 e. The summed E-state index contributed by atoms with van der Waals surface area (Å²) in [4.78, 5) is 43.1. The van der Waals surface area contributed by atoms with Crippen LogP contribution in [0.15, 0.2) is 42.5 Å². The Morgan fingerprint density at radius 3 is 2.18 bits per heavy atom. The summed E-state index contributed by atoms with van der Waals surface area (Å²) in [5.41, 5.74) is 0.620. The van der Waals surface area contributed by atoms with Gasteiger partial charge in [-0.3, -0.25) is 9.59 Å². The number of hydrogen-bond acceptors (Lipinski definition) is 7. The van der Waals surface area contributed by atoms with Gasteiger partial charge in [0, 0.05) is 21.7 Å². The maximum Gasteiger partial charge on any atom is 0.325 e. The highest BCUT2D eigenvalue weighted by molar-refractivity contribution is 6.29. The van der Waals surface area contributed by atoms with Gasteiger partial charge in [-0.25, -0.2) is 0 Å². The van der Waals surface area contributed by atoms with Crippen molar-refractivity contribution in [3.63, 3.8) is 0 Å². The number of nitrogens with zero attached hydrogens (tertiary/aromatic N) is 1. The number of rotatable bonds is 4. The highest BCUT2D eigenvalue weighted by Crippen LogP contribution is 2.33. The van der Waals surface area contributed by atoms with E-state index in [0.717, 1.165) is 0 Å². The summed E-state index contributed by atoms with van der Waals surface area (Å²) in [7, 11) is 0. The van der Waals surface area contributed by atoms with Crippen LogP contribution in [-0.4, -0.2) is 16.7 Å². The number of fused-ring (bicyclic) bond motifs is 2. The highest BCUT2D eigenvalue weighted by Gasteiger charge is 2.32. The second kappa shape index (κ2) is 5.26. The van der Waals surface area contributed by atoms with E-state index in [2.05, 4.69) is 14.9 Å². The lowest BCUT2D eigenvalue weighted by atomic mass is 9.84. The average molecular weight is 301 g/mol. The standard InChI is InChI=1S/C14H7NO7/c16-13-8-4-1-2-5-9(8)14(17)12-10(13)6-3-7-11(12)20-22-21-15(18)19/h1-7H. The van der Waals surface area contributed by atoms with Gasteiger partial charge in [0.05, 0.1) is 5.56 Å². The summed E-state index contributed by atoms with van der Waals surface area (Å²) in [6.07, 6.45) is 0. The molecule has 8 heteroatoms. The van der Waals surface area contributed by atoms with E-state index in [0.29, 0.717) is 5.56 Å². The fraction of sp³-hybridized carbons (Fsp3) is 0. The molecule has 0 fully saturated rings. The fourth-order valence-corrected chi connectivity index (χ4v) is 2.26. The first-order valence-corrected chi connectivity index (χ1v) is 6.06. The quantitative estimate of drug-likeness (QED) is 0.411. The van der Waals surface area contributed by atoms with Crippen LogP contribution in [0.3, 0.4) is 0 Å². The summed E-state index contributed by atoms with van der Waals surface area (Å²) in [6.45, 7) is 0. The Kier molecular flexibility index (Phi) is 3.28. The molecule has 0 bridgehead atoms. The van der Waals surface area contributed by atoms with E-state index in [4.69, 9.17) is 0 Å². The molecule has 1 aliphatic carbocycles. The largest absolute Gasteiger partial charge is 0.325 e. The van der Waals surface area contributed by atoms with Gasteiger partial charge >= 0.3 is 5.09 Å². The smallest absolute Gasteiger partial charge is 0.308 e. The van der Waals surface area contributed by atoms with Gasteiger partial charge in [0.25, 0.3) is 0 Å². The molecular formula is C14H7NO7. The van der Waals surface area contributed by atoms with Crippen molar-refractivity contribution in [3.8, 4) is 5.75 Å². The third kappa shape index (κ3) is 2.17. The highest BCUT2D eigenvalue weighted by atomic mass is 17.6. The molecule has 2 aromatic rings. The van der Waals surface area contributed by atoms with Gasteiger partial charge in [0.15, 0.2) is 17.3 Å². The number of ketones is 2. The van der Waals surface area contributed by atoms with Gasteiger partial charge in [-0.15, -0.1) is 15.1 Å². The molecule has 0 heterocycles. The van der Waals surface area contributed by atoms with E-state index in [-0.39, 0.29) is 28.2 Å². The van der Waals surface area contributed by atoms with Crippen molar-refractivity contribution < 1.29 is 29.6 Å². The summed E-state index contributed by atoms with van der Waals surface area (Å²) >= 11 is 0. The Labute approximate surface area is 122 Å². The van der Waals surface area contributed by atoms with Crippen molar-refractivity contribution in [1.82, 2.24) is 0 Å². The molecule has 0 aromatic heterocycles. The predicted molar refractivity (Wildman–Crippen MR) is 69.5 cm³/mol. The van der Waals surface area contributed by atoms with E-state index in [1.54, 1.807) is 18.2 Å². The summed E-state index contributed by atoms with van der Waals surface area (Å²) < 4.78 is 0. The maximum atomic E-state index is 12.5. The first-order valence-electron chi connectivity index (χ1n) is 6.06. The van der Waals surface area contributed by atoms with Gasteiger partial charge < -0.3 is 4.89 Å². The Morgan fingerprint density at radius 1 is 0.864 bits per heavy atom. The molecule has 0 saturated heterocycles. The lowest BCUT2D eigenvalue weighted by molar-refractivity contribution is -0.882. The van der Waals surface area contributed by atoms with Crippen molar-refractivity contribution in [3.05, 3.63) is 74.8 Å². The van der Waals surface area contributed by atoms with Crippen LogP contribution in [0.4, 0.5) is 0 Å². The predicted octanol–water partition coefficient (Wildman–Crippen LogP) is 1.90. The maximum absolute atomic E-state index is 12.5. The summed E-state index contributed by atoms with van der Waals surface area (Å²) in [5.74, 6) is -0.927. The topological polar surface area (TPSA) is 105 Å². The number of carbonyl (C=O) groups is 2. The summed E-state index contributed by atoms with van der Waals surface area (Å²) in [5, 5.41) is 12.7. The van der Waals surface area contributed by atoms with Crippen LogP contribution in [0.25, 0.3) is 0 Å². The molecule has 0 radical (unpaired) electrons. The Balaban J connectivity index is 2.03. The molecule has 0 amide bonds. The molecule has 3 rings (SSSR count). The molecular weight excluding hydrogens is 294 g/mol. The lowest BCUT2D eigenvalue weighted by Crippen LogP contribution is -2.22. The molecule has 0 N–H and O–H groups in total. The van der Waals surface area contributed by atoms with Crippen molar-refractivity contribution in [2.75, 3.05) is 0 Å². The van der Waals surface area contributed by atoms with Gasteiger partial charge in [-0.1, -0.05) is 36.4 Å². The van der Waals surface area contributed by atoms with Crippen molar-refractivity contribution in [1.29, 1.82) is 0 Å². The van der Waals surface area contributed by atoms with Crippen LogP contribution in [-0.2, 0) is 10.0 Å². The van der Waals surface area contributed by atoms with Gasteiger partial charge in [-0.05, 0) is 6.07 Å². The van der Waals surface area contributed by atoms with E-state index in [1.807, 2.05) is 0 Å². The van der Waals surface area contributed by atoms with Crippen LogP contribution in [0.2, 0.25) is 0 Å². The minimum absolute atomic E-state index is 0.0295. The Bertz CT molecular complexity index is 800. The zero-order valence-corrected chi connectivity index (χ0v) is 10.8. The average Bonchev–Trinajstić information content (AvgIpc) is 2.52. The fourth-order valence-electron chi connectivity index (χ4n) is 2.26. The molecule has 0 spiro atoms. The van der Waals surface area contributed by atoms with E-state index >= 15 is 0 Å². The molecule has 0 unspecified atom stereocenters. The zero-order chi connectivity index (χ0) is 15.7. The number of carbonyl (C=O) groups excluding carboxylic acids is 2. The lowest BCUT2D eigenvalue weighted by Gasteiger charge is -2.18. The van der Waals surface area contributed by atoms with Gasteiger partial charge in [-0.2, -0.15) is 0 Å². The van der Waals surface area contributed by atoms with Gasteiger partial charge in [0.1, 0.15) is 0 Å². The van der Waals surface area contributed by atoms with E-state index in [1.165, 1.54) is 24.3 Å².